The predicted molar refractivity (Wildman–Crippen MR) is 78.1 cm³/mol. The number of amides is 2. The highest BCUT2D eigenvalue weighted by molar-refractivity contribution is 5.87. The quantitative estimate of drug-likeness (QED) is 0.798. The summed E-state index contributed by atoms with van der Waals surface area (Å²) in [5.41, 5.74) is 7.42. The molecule has 4 nitrogen and oxygen atoms in total. The van der Waals surface area contributed by atoms with Gasteiger partial charge in [-0.05, 0) is 42.8 Å². The number of nitrogens with one attached hydrogen (secondary N) is 2. The van der Waals surface area contributed by atoms with E-state index in [1.165, 1.54) is 12.1 Å². The van der Waals surface area contributed by atoms with Crippen LogP contribution < -0.4 is 16.4 Å². The van der Waals surface area contributed by atoms with Gasteiger partial charge in [-0.3, -0.25) is 0 Å². The fourth-order valence-corrected chi connectivity index (χ4v) is 1.91. The summed E-state index contributed by atoms with van der Waals surface area (Å²) in [7, 11) is 0. The van der Waals surface area contributed by atoms with Crippen molar-refractivity contribution in [1.82, 2.24) is 0 Å². The summed E-state index contributed by atoms with van der Waals surface area (Å²) in [5.74, 6) is -0.275. The van der Waals surface area contributed by atoms with Gasteiger partial charge >= 0.3 is 6.03 Å². The number of carbonyl (C=O) groups is 1. The first-order valence-electron chi connectivity index (χ1n) is 6.23. The van der Waals surface area contributed by atoms with Crippen LogP contribution in [0.15, 0.2) is 48.5 Å². The van der Waals surface area contributed by atoms with Crippen LogP contribution in [-0.4, -0.2) is 6.03 Å². The molecule has 0 aliphatic heterocycles. The summed E-state index contributed by atoms with van der Waals surface area (Å²) in [4.78, 5) is 10.7. The molecule has 0 aromatic heterocycles. The summed E-state index contributed by atoms with van der Waals surface area (Å²) in [6, 6.07) is 13.0. The number of urea groups is 1. The Morgan fingerprint density at radius 2 is 1.85 bits per heavy atom. The van der Waals surface area contributed by atoms with Gasteiger partial charge in [0.05, 0.1) is 0 Å². The first-order valence-corrected chi connectivity index (χ1v) is 6.23. The van der Waals surface area contributed by atoms with E-state index >= 15 is 0 Å². The van der Waals surface area contributed by atoms with Crippen LogP contribution in [0.5, 0.6) is 0 Å². The molecule has 20 heavy (non-hydrogen) atoms. The van der Waals surface area contributed by atoms with Crippen molar-refractivity contribution in [2.45, 2.75) is 13.0 Å². The van der Waals surface area contributed by atoms with E-state index in [-0.39, 0.29) is 11.9 Å². The molecule has 2 amide bonds. The minimum atomic E-state index is -0.594. The van der Waals surface area contributed by atoms with Gasteiger partial charge in [-0.25, -0.2) is 9.18 Å². The number of primary amides is 1. The topological polar surface area (TPSA) is 67.2 Å². The molecule has 0 saturated carbocycles. The van der Waals surface area contributed by atoms with E-state index in [2.05, 4.69) is 10.6 Å². The summed E-state index contributed by atoms with van der Waals surface area (Å²) >= 11 is 0. The molecule has 0 aliphatic rings. The Morgan fingerprint density at radius 1 is 1.15 bits per heavy atom. The zero-order valence-corrected chi connectivity index (χ0v) is 11.1. The first kappa shape index (κ1) is 13.9. The van der Waals surface area contributed by atoms with Crippen molar-refractivity contribution >= 4 is 17.4 Å². The van der Waals surface area contributed by atoms with Crippen LogP contribution in [0.1, 0.15) is 18.5 Å². The largest absolute Gasteiger partial charge is 0.378 e. The van der Waals surface area contributed by atoms with E-state index in [0.29, 0.717) is 5.69 Å². The average Bonchev–Trinajstić information content (AvgIpc) is 2.38. The van der Waals surface area contributed by atoms with Gasteiger partial charge in [0.15, 0.2) is 0 Å². The number of halogens is 1. The van der Waals surface area contributed by atoms with Crippen molar-refractivity contribution in [3.8, 4) is 0 Å². The molecule has 0 saturated heterocycles. The fraction of sp³-hybridized carbons (Fsp3) is 0.133. The predicted octanol–water partition coefficient (Wildman–Crippen LogP) is 3.49. The number of nitrogens with two attached hydrogens (primary N) is 1. The Morgan fingerprint density at radius 3 is 2.45 bits per heavy atom. The maximum absolute atomic E-state index is 13.1. The average molecular weight is 273 g/mol. The van der Waals surface area contributed by atoms with Crippen LogP contribution in [0.3, 0.4) is 0 Å². The second kappa shape index (κ2) is 6.06. The molecule has 5 heteroatoms. The Hall–Kier alpha value is -2.56. The Kier molecular flexibility index (Phi) is 4.20. The number of carbonyl (C=O) groups excluding carboxylic acids is 1. The first-order chi connectivity index (χ1) is 9.54. The van der Waals surface area contributed by atoms with E-state index in [1.807, 2.05) is 25.1 Å². The van der Waals surface area contributed by atoms with E-state index < -0.39 is 6.03 Å². The minimum absolute atomic E-state index is 0.0134. The van der Waals surface area contributed by atoms with Gasteiger partial charge in [0.25, 0.3) is 0 Å². The lowest BCUT2D eigenvalue weighted by atomic mass is 10.1. The van der Waals surface area contributed by atoms with Crippen molar-refractivity contribution < 1.29 is 9.18 Å². The SMILES string of the molecule is CC(Nc1cccc(F)c1)c1ccc(NC(N)=O)cc1. The lowest BCUT2D eigenvalue weighted by molar-refractivity contribution is 0.259. The van der Waals surface area contributed by atoms with Gasteiger partial charge in [-0.1, -0.05) is 18.2 Å². The Labute approximate surface area is 116 Å². The van der Waals surface area contributed by atoms with Crippen molar-refractivity contribution in [1.29, 1.82) is 0 Å². The lowest BCUT2D eigenvalue weighted by Crippen LogP contribution is -2.19. The van der Waals surface area contributed by atoms with E-state index in [9.17, 15) is 9.18 Å². The van der Waals surface area contributed by atoms with E-state index in [1.54, 1.807) is 18.2 Å². The van der Waals surface area contributed by atoms with Gasteiger partial charge in [-0.15, -0.1) is 0 Å². The third-order valence-electron chi connectivity index (χ3n) is 2.89. The number of rotatable bonds is 4. The third kappa shape index (κ3) is 3.71. The monoisotopic (exact) mass is 273 g/mol. The van der Waals surface area contributed by atoms with Gasteiger partial charge in [0.2, 0.25) is 0 Å². The van der Waals surface area contributed by atoms with Crippen molar-refractivity contribution in [3.63, 3.8) is 0 Å². The van der Waals surface area contributed by atoms with Crippen LogP contribution in [0.2, 0.25) is 0 Å². The fourth-order valence-electron chi connectivity index (χ4n) is 1.91. The smallest absolute Gasteiger partial charge is 0.316 e. The normalized spacial score (nSPS) is 11.7. The molecule has 4 N–H and O–H groups in total. The summed E-state index contributed by atoms with van der Waals surface area (Å²) in [6.45, 7) is 1.97. The lowest BCUT2D eigenvalue weighted by Gasteiger charge is -2.16. The maximum Gasteiger partial charge on any atom is 0.316 e. The van der Waals surface area contributed by atoms with Gasteiger partial charge in [0, 0.05) is 17.4 Å². The molecule has 2 aromatic rings. The molecular formula is C15H16FN3O. The molecule has 104 valence electrons. The number of hydrogen-bond acceptors (Lipinski definition) is 2. The van der Waals surface area contributed by atoms with Crippen LogP contribution >= 0.6 is 0 Å². The second-order valence-corrected chi connectivity index (χ2v) is 4.49. The highest BCUT2D eigenvalue weighted by Gasteiger charge is 2.06. The molecule has 0 heterocycles. The molecule has 0 spiro atoms. The summed E-state index contributed by atoms with van der Waals surface area (Å²) in [5, 5.41) is 5.70. The highest BCUT2D eigenvalue weighted by atomic mass is 19.1. The molecule has 0 bridgehead atoms. The molecule has 0 fully saturated rings. The number of benzene rings is 2. The zero-order valence-electron chi connectivity index (χ0n) is 11.1. The highest BCUT2D eigenvalue weighted by Crippen LogP contribution is 2.21. The van der Waals surface area contributed by atoms with Crippen LogP contribution in [0.25, 0.3) is 0 Å². The van der Waals surface area contributed by atoms with Crippen molar-refractivity contribution in [2.24, 2.45) is 5.73 Å². The minimum Gasteiger partial charge on any atom is -0.378 e. The summed E-state index contributed by atoms with van der Waals surface area (Å²) in [6.07, 6.45) is 0. The Balaban J connectivity index is 2.05. The standard InChI is InChI=1S/C15H16FN3O/c1-10(18-14-4-2-3-12(16)9-14)11-5-7-13(8-6-11)19-15(17)20/h2-10,18H,1H3,(H3,17,19,20). The third-order valence-corrected chi connectivity index (χ3v) is 2.89. The number of hydrogen-bond donors (Lipinski definition) is 3. The van der Waals surface area contributed by atoms with E-state index in [0.717, 1.165) is 11.3 Å². The zero-order chi connectivity index (χ0) is 14.5. The van der Waals surface area contributed by atoms with Crippen molar-refractivity contribution in [3.05, 3.63) is 59.9 Å². The molecule has 0 radical (unpaired) electrons. The molecule has 1 atom stereocenters. The molecule has 2 rings (SSSR count). The second-order valence-electron chi connectivity index (χ2n) is 4.49. The molecule has 2 aromatic carbocycles. The van der Waals surface area contributed by atoms with Crippen LogP contribution in [0.4, 0.5) is 20.6 Å². The maximum atomic E-state index is 13.1. The molecule has 0 aliphatic carbocycles. The number of anilines is 2. The molecule has 1 unspecified atom stereocenters. The van der Waals surface area contributed by atoms with Gasteiger partial charge in [0.1, 0.15) is 5.82 Å². The Bertz CT molecular complexity index is 598. The van der Waals surface area contributed by atoms with Crippen LogP contribution in [0, 0.1) is 5.82 Å². The van der Waals surface area contributed by atoms with E-state index in [4.69, 9.17) is 5.73 Å². The van der Waals surface area contributed by atoms with Gasteiger partial charge < -0.3 is 16.4 Å². The summed E-state index contributed by atoms with van der Waals surface area (Å²) < 4.78 is 13.1. The van der Waals surface area contributed by atoms with Gasteiger partial charge in [-0.2, -0.15) is 0 Å². The van der Waals surface area contributed by atoms with Crippen LogP contribution in [-0.2, 0) is 0 Å². The van der Waals surface area contributed by atoms with Crippen molar-refractivity contribution in [2.75, 3.05) is 10.6 Å². The molecular weight excluding hydrogens is 257 g/mol.